The Kier molecular flexibility index (Phi) is 7.15. The molecular formula is C23H23N3O4S. The second kappa shape index (κ2) is 9.99. The van der Waals surface area contributed by atoms with E-state index in [0.717, 1.165) is 16.8 Å². The molecule has 0 aliphatic carbocycles. The number of aromatic nitrogens is 1. The number of hydrogen-bond acceptors (Lipinski definition) is 6. The first kappa shape index (κ1) is 22.2. The van der Waals surface area contributed by atoms with E-state index in [4.69, 9.17) is 4.74 Å². The van der Waals surface area contributed by atoms with Crippen LogP contribution in [0.4, 0.5) is 10.8 Å². The minimum Gasteiger partial charge on any atom is -0.458 e. The van der Waals surface area contributed by atoms with Crippen molar-refractivity contribution in [1.29, 1.82) is 0 Å². The van der Waals surface area contributed by atoms with Crippen LogP contribution in [0.1, 0.15) is 34.1 Å². The van der Waals surface area contributed by atoms with E-state index in [-0.39, 0.29) is 25.0 Å². The van der Waals surface area contributed by atoms with Crippen LogP contribution in [0.5, 0.6) is 0 Å². The van der Waals surface area contributed by atoms with Gasteiger partial charge in [-0.3, -0.25) is 19.3 Å². The van der Waals surface area contributed by atoms with Gasteiger partial charge in [0.2, 0.25) is 5.91 Å². The zero-order chi connectivity index (χ0) is 22.4. The van der Waals surface area contributed by atoms with Crippen molar-refractivity contribution in [2.75, 3.05) is 11.4 Å². The highest BCUT2D eigenvalue weighted by Gasteiger charge is 2.20. The van der Waals surface area contributed by atoms with Crippen LogP contribution in [0.3, 0.4) is 0 Å². The molecule has 31 heavy (non-hydrogen) atoms. The molecule has 0 radical (unpaired) electrons. The molecule has 0 atom stereocenters. The van der Waals surface area contributed by atoms with E-state index in [0.29, 0.717) is 16.4 Å². The van der Waals surface area contributed by atoms with Crippen molar-refractivity contribution >= 4 is 39.9 Å². The minimum absolute atomic E-state index is 0.0465. The summed E-state index contributed by atoms with van der Waals surface area (Å²) >= 11 is 1.29. The maximum absolute atomic E-state index is 12.3. The maximum atomic E-state index is 12.3. The Bertz CT molecular complexity index is 1100. The molecule has 0 spiro atoms. The first-order valence-corrected chi connectivity index (χ1v) is 10.5. The smallest absolute Gasteiger partial charge is 0.325 e. The molecule has 7 nitrogen and oxygen atoms in total. The Balaban J connectivity index is 1.59. The summed E-state index contributed by atoms with van der Waals surface area (Å²) in [6.45, 7) is 5.13. The molecule has 2 amide bonds. The van der Waals surface area contributed by atoms with Gasteiger partial charge in [0.15, 0.2) is 5.13 Å². The molecule has 0 saturated carbocycles. The normalized spacial score (nSPS) is 10.4. The molecule has 3 aromatic rings. The number of hydrogen-bond donors (Lipinski definition) is 1. The number of esters is 1. The predicted molar refractivity (Wildman–Crippen MR) is 119 cm³/mol. The fourth-order valence-electron chi connectivity index (χ4n) is 2.98. The molecule has 1 heterocycles. The van der Waals surface area contributed by atoms with Gasteiger partial charge in [-0.2, -0.15) is 0 Å². The molecule has 0 aliphatic rings. The van der Waals surface area contributed by atoms with E-state index in [1.165, 1.54) is 18.3 Å². The highest BCUT2D eigenvalue weighted by atomic mass is 32.1. The van der Waals surface area contributed by atoms with E-state index >= 15 is 0 Å². The zero-order valence-corrected chi connectivity index (χ0v) is 18.4. The molecule has 0 bridgehead atoms. The number of benzene rings is 2. The number of thiazole rings is 1. The van der Waals surface area contributed by atoms with Gasteiger partial charge >= 0.3 is 5.97 Å². The highest BCUT2D eigenvalue weighted by Crippen LogP contribution is 2.31. The topological polar surface area (TPSA) is 88.6 Å². The lowest BCUT2D eigenvalue weighted by atomic mass is 10.1. The molecule has 2 aromatic carbocycles. The van der Waals surface area contributed by atoms with Crippen molar-refractivity contribution in [3.05, 3.63) is 76.3 Å². The van der Waals surface area contributed by atoms with E-state index in [2.05, 4.69) is 10.3 Å². The molecular weight excluding hydrogens is 414 g/mol. The predicted octanol–water partition coefficient (Wildman–Crippen LogP) is 3.92. The third-order valence-corrected chi connectivity index (χ3v) is 5.32. The summed E-state index contributed by atoms with van der Waals surface area (Å²) < 4.78 is 5.20. The van der Waals surface area contributed by atoms with Crippen LogP contribution in [-0.4, -0.2) is 29.3 Å². The van der Waals surface area contributed by atoms with Crippen LogP contribution < -0.4 is 10.2 Å². The summed E-state index contributed by atoms with van der Waals surface area (Å²) in [7, 11) is 0. The van der Waals surface area contributed by atoms with Gasteiger partial charge in [0.25, 0.3) is 5.91 Å². The van der Waals surface area contributed by atoms with Crippen LogP contribution in [0.15, 0.2) is 53.9 Å². The van der Waals surface area contributed by atoms with Gasteiger partial charge < -0.3 is 10.1 Å². The number of nitrogens with zero attached hydrogens (tertiary/aromatic N) is 2. The van der Waals surface area contributed by atoms with E-state index in [1.54, 1.807) is 40.6 Å². The van der Waals surface area contributed by atoms with Crippen molar-refractivity contribution in [1.82, 2.24) is 10.3 Å². The molecule has 160 valence electrons. The fourth-order valence-corrected chi connectivity index (χ4v) is 3.84. The number of nitrogens with one attached hydrogen (secondary N) is 1. The second-order valence-corrected chi connectivity index (χ2v) is 7.81. The average molecular weight is 438 g/mol. The van der Waals surface area contributed by atoms with Crippen molar-refractivity contribution in [2.24, 2.45) is 0 Å². The zero-order valence-electron chi connectivity index (χ0n) is 17.5. The molecule has 3 rings (SSSR count). The molecule has 8 heteroatoms. The number of carbonyl (C=O) groups is 3. The molecule has 0 aliphatic heterocycles. The van der Waals surface area contributed by atoms with Crippen molar-refractivity contribution in [3.8, 4) is 0 Å². The summed E-state index contributed by atoms with van der Waals surface area (Å²) in [6.07, 6.45) is 0. The van der Waals surface area contributed by atoms with Crippen LogP contribution in [0.25, 0.3) is 0 Å². The van der Waals surface area contributed by atoms with Crippen LogP contribution in [-0.2, 0) is 20.9 Å². The van der Waals surface area contributed by atoms with Crippen LogP contribution in [0.2, 0.25) is 0 Å². The Labute approximate surface area is 184 Å². The Hall–Kier alpha value is -3.52. The SMILES string of the molecule is CC(=O)N(c1nc(COC(=O)CNC(=O)c2ccccc2)cs1)c1ccc(C)cc1C. The average Bonchev–Trinajstić information content (AvgIpc) is 3.21. The summed E-state index contributed by atoms with van der Waals surface area (Å²) in [4.78, 5) is 42.2. The van der Waals surface area contributed by atoms with Gasteiger partial charge in [-0.05, 0) is 37.6 Å². The minimum atomic E-state index is -0.573. The second-order valence-electron chi connectivity index (χ2n) is 6.98. The first-order chi connectivity index (χ1) is 14.8. The standard InChI is InChI=1S/C23H23N3O4S/c1-15-9-10-20(16(2)11-15)26(17(3)27)23-25-19(14-31-23)13-30-21(28)12-24-22(29)18-7-5-4-6-8-18/h4-11,14H,12-13H2,1-3H3,(H,24,29). The van der Waals surface area contributed by atoms with Gasteiger partial charge in [0.05, 0.1) is 11.4 Å². The summed E-state index contributed by atoms with van der Waals surface area (Å²) in [5.41, 5.74) is 3.83. The number of ether oxygens (including phenoxy) is 1. The molecule has 0 saturated heterocycles. The molecule has 1 N–H and O–H groups in total. The third kappa shape index (κ3) is 5.76. The summed E-state index contributed by atoms with van der Waals surface area (Å²) in [5, 5.41) is 4.76. The van der Waals surface area contributed by atoms with E-state index in [9.17, 15) is 14.4 Å². The number of amides is 2. The Morgan fingerprint density at radius 1 is 1.10 bits per heavy atom. The van der Waals surface area contributed by atoms with Crippen molar-refractivity contribution < 1.29 is 19.1 Å². The lowest BCUT2D eigenvalue weighted by Crippen LogP contribution is -2.30. The Morgan fingerprint density at radius 2 is 1.84 bits per heavy atom. The van der Waals surface area contributed by atoms with Gasteiger partial charge in [-0.1, -0.05) is 35.9 Å². The lowest BCUT2D eigenvalue weighted by Gasteiger charge is -2.20. The number of anilines is 2. The first-order valence-electron chi connectivity index (χ1n) is 9.66. The van der Waals surface area contributed by atoms with Crippen molar-refractivity contribution in [2.45, 2.75) is 27.4 Å². The number of aryl methyl sites for hydroxylation is 2. The summed E-state index contributed by atoms with van der Waals surface area (Å²) in [5.74, 6) is -1.08. The van der Waals surface area contributed by atoms with Crippen LogP contribution >= 0.6 is 11.3 Å². The monoisotopic (exact) mass is 437 g/mol. The molecule has 0 unspecified atom stereocenters. The number of carbonyl (C=O) groups excluding carboxylic acids is 3. The maximum Gasteiger partial charge on any atom is 0.325 e. The van der Waals surface area contributed by atoms with E-state index < -0.39 is 5.97 Å². The fraction of sp³-hybridized carbons (Fsp3) is 0.217. The molecule has 0 fully saturated rings. The number of rotatable bonds is 7. The summed E-state index contributed by atoms with van der Waals surface area (Å²) in [6, 6.07) is 14.5. The third-order valence-electron chi connectivity index (χ3n) is 4.45. The van der Waals surface area contributed by atoms with Crippen LogP contribution in [0, 0.1) is 13.8 Å². The van der Waals surface area contributed by atoms with Crippen molar-refractivity contribution in [3.63, 3.8) is 0 Å². The quantitative estimate of drug-likeness (QED) is 0.566. The van der Waals surface area contributed by atoms with Gasteiger partial charge in [0, 0.05) is 17.9 Å². The Morgan fingerprint density at radius 3 is 2.52 bits per heavy atom. The molecule has 1 aromatic heterocycles. The lowest BCUT2D eigenvalue weighted by molar-refractivity contribution is -0.143. The van der Waals surface area contributed by atoms with Gasteiger partial charge in [-0.15, -0.1) is 11.3 Å². The van der Waals surface area contributed by atoms with E-state index in [1.807, 2.05) is 32.0 Å². The largest absolute Gasteiger partial charge is 0.458 e. The highest BCUT2D eigenvalue weighted by molar-refractivity contribution is 7.14. The van der Waals surface area contributed by atoms with Gasteiger partial charge in [0.1, 0.15) is 13.2 Å². The van der Waals surface area contributed by atoms with Gasteiger partial charge in [-0.25, -0.2) is 4.98 Å².